The quantitative estimate of drug-likeness (QED) is 0.841. The number of hydrogen-bond donors (Lipinski definition) is 1. The second-order valence-corrected chi connectivity index (χ2v) is 6.92. The summed E-state index contributed by atoms with van der Waals surface area (Å²) in [6.07, 6.45) is 0.935. The zero-order valence-corrected chi connectivity index (χ0v) is 15.4. The van der Waals surface area contributed by atoms with Crippen molar-refractivity contribution in [3.05, 3.63) is 64.9 Å². The lowest BCUT2D eigenvalue weighted by atomic mass is 10.1. The Bertz CT molecular complexity index is 730. The molecule has 3 rings (SSSR count). The van der Waals surface area contributed by atoms with Crippen LogP contribution in [0.3, 0.4) is 0 Å². The Hall–Kier alpha value is -1.95. The minimum absolute atomic E-state index is 0.0684. The van der Waals surface area contributed by atoms with Crippen molar-refractivity contribution in [2.75, 3.05) is 44.6 Å². The highest BCUT2D eigenvalue weighted by molar-refractivity contribution is 6.31. The molecule has 138 valence electrons. The van der Waals surface area contributed by atoms with Gasteiger partial charge in [0, 0.05) is 43.4 Å². The fourth-order valence-corrected chi connectivity index (χ4v) is 3.32. The minimum atomic E-state index is -0.309. The number of benzene rings is 2. The maximum atomic E-state index is 12.9. The Morgan fingerprint density at radius 1 is 1.00 bits per heavy atom. The number of nitrogens with one attached hydrogen (secondary N) is 1. The molecule has 0 bridgehead atoms. The van der Waals surface area contributed by atoms with Crippen LogP contribution in [-0.4, -0.2) is 55.0 Å². The van der Waals surface area contributed by atoms with Crippen molar-refractivity contribution in [2.24, 2.45) is 0 Å². The average Bonchev–Trinajstić information content (AvgIpc) is 2.64. The SMILES string of the molecule is O=C(CN1CCN(CCc2ccccc2Cl)CC1)Nc1ccc(F)cc1. The van der Waals surface area contributed by atoms with Crippen LogP contribution < -0.4 is 5.32 Å². The second-order valence-electron chi connectivity index (χ2n) is 6.51. The third kappa shape index (κ3) is 5.53. The molecular formula is C20H23ClFN3O. The van der Waals surface area contributed by atoms with E-state index < -0.39 is 0 Å². The van der Waals surface area contributed by atoms with Crippen LogP contribution in [-0.2, 0) is 11.2 Å². The second kappa shape index (κ2) is 9.12. The molecule has 2 aromatic rings. The van der Waals surface area contributed by atoms with Crippen molar-refractivity contribution in [1.82, 2.24) is 9.80 Å². The van der Waals surface area contributed by atoms with Gasteiger partial charge in [0.2, 0.25) is 5.91 Å². The molecule has 1 aliphatic rings. The molecule has 4 nitrogen and oxygen atoms in total. The van der Waals surface area contributed by atoms with Crippen LogP contribution in [0.2, 0.25) is 5.02 Å². The summed E-state index contributed by atoms with van der Waals surface area (Å²) in [5.74, 6) is -0.378. The van der Waals surface area contributed by atoms with Gasteiger partial charge in [-0.05, 0) is 42.3 Å². The van der Waals surface area contributed by atoms with Gasteiger partial charge < -0.3 is 10.2 Å². The van der Waals surface area contributed by atoms with E-state index in [2.05, 4.69) is 21.2 Å². The van der Waals surface area contributed by atoms with Crippen LogP contribution in [0.4, 0.5) is 10.1 Å². The summed E-state index contributed by atoms with van der Waals surface area (Å²) >= 11 is 6.21. The Morgan fingerprint density at radius 3 is 2.35 bits per heavy atom. The molecule has 6 heteroatoms. The van der Waals surface area contributed by atoms with E-state index in [9.17, 15) is 9.18 Å². The van der Waals surface area contributed by atoms with Crippen molar-refractivity contribution in [3.63, 3.8) is 0 Å². The molecule has 1 fully saturated rings. The summed E-state index contributed by atoms with van der Waals surface area (Å²) in [5.41, 5.74) is 1.80. The van der Waals surface area contributed by atoms with E-state index in [1.54, 1.807) is 12.1 Å². The molecule has 0 unspecified atom stereocenters. The third-order valence-electron chi connectivity index (χ3n) is 4.62. The van der Waals surface area contributed by atoms with E-state index in [1.807, 2.05) is 18.2 Å². The largest absolute Gasteiger partial charge is 0.325 e. The standard InChI is InChI=1S/C20H23ClFN3O/c21-19-4-2-1-3-16(19)9-10-24-11-13-25(14-12-24)15-20(26)23-18-7-5-17(22)6-8-18/h1-8H,9-15H2,(H,23,26). The molecule has 0 atom stereocenters. The maximum absolute atomic E-state index is 12.9. The first-order valence-electron chi connectivity index (χ1n) is 8.84. The fraction of sp³-hybridized carbons (Fsp3) is 0.350. The first-order valence-corrected chi connectivity index (χ1v) is 9.21. The summed E-state index contributed by atoms with van der Waals surface area (Å²) < 4.78 is 12.9. The van der Waals surface area contributed by atoms with Crippen LogP contribution in [0, 0.1) is 5.82 Å². The normalized spacial score (nSPS) is 15.8. The molecule has 0 radical (unpaired) electrons. The molecule has 0 aliphatic carbocycles. The van der Waals surface area contributed by atoms with Crippen LogP contribution in [0.1, 0.15) is 5.56 Å². The predicted octanol–water partition coefficient (Wildman–Crippen LogP) is 3.28. The molecule has 1 saturated heterocycles. The van der Waals surface area contributed by atoms with Crippen molar-refractivity contribution >= 4 is 23.2 Å². The number of nitrogens with zero attached hydrogens (tertiary/aromatic N) is 2. The van der Waals surface area contributed by atoms with E-state index in [-0.39, 0.29) is 11.7 Å². The highest BCUT2D eigenvalue weighted by Crippen LogP contribution is 2.16. The topological polar surface area (TPSA) is 35.6 Å². The summed E-state index contributed by atoms with van der Waals surface area (Å²) in [4.78, 5) is 16.7. The van der Waals surface area contributed by atoms with Crippen LogP contribution in [0.25, 0.3) is 0 Å². The molecule has 0 spiro atoms. The van der Waals surface area contributed by atoms with E-state index in [0.717, 1.165) is 44.2 Å². The molecule has 1 heterocycles. The van der Waals surface area contributed by atoms with Crippen molar-refractivity contribution in [2.45, 2.75) is 6.42 Å². The first kappa shape index (κ1) is 18.8. The number of anilines is 1. The lowest BCUT2D eigenvalue weighted by Gasteiger charge is -2.34. The van der Waals surface area contributed by atoms with Gasteiger partial charge in [0.25, 0.3) is 0 Å². The average molecular weight is 376 g/mol. The van der Waals surface area contributed by atoms with Crippen molar-refractivity contribution < 1.29 is 9.18 Å². The molecule has 26 heavy (non-hydrogen) atoms. The maximum Gasteiger partial charge on any atom is 0.238 e. The highest BCUT2D eigenvalue weighted by atomic mass is 35.5. The summed E-state index contributed by atoms with van der Waals surface area (Å²) in [6.45, 7) is 4.93. The molecule has 1 aliphatic heterocycles. The lowest BCUT2D eigenvalue weighted by molar-refractivity contribution is -0.117. The molecule has 0 aromatic heterocycles. The van der Waals surface area contributed by atoms with Gasteiger partial charge in [0.1, 0.15) is 5.82 Å². The summed E-state index contributed by atoms with van der Waals surface area (Å²) in [6, 6.07) is 13.8. The third-order valence-corrected chi connectivity index (χ3v) is 4.98. The number of rotatable bonds is 6. The molecule has 1 amide bonds. The van der Waals surface area contributed by atoms with Gasteiger partial charge >= 0.3 is 0 Å². The van der Waals surface area contributed by atoms with Gasteiger partial charge in [-0.3, -0.25) is 9.69 Å². The molecule has 2 aromatic carbocycles. The van der Waals surface area contributed by atoms with Gasteiger partial charge in [-0.25, -0.2) is 4.39 Å². The lowest BCUT2D eigenvalue weighted by Crippen LogP contribution is -2.49. The van der Waals surface area contributed by atoms with Gasteiger partial charge in [-0.2, -0.15) is 0 Å². The molecule has 1 N–H and O–H groups in total. The number of carbonyl (C=O) groups is 1. The molecular weight excluding hydrogens is 353 g/mol. The highest BCUT2D eigenvalue weighted by Gasteiger charge is 2.19. The van der Waals surface area contributed by atoms with Crippen molar-refractivity contribution in [1.29, 1.82) is 0 Å². The smallest absolute Gasteiger partial charge is 0.238 e. The zero-order valence-electron chi connectivity index (χ0n) is 14.6. The van der Waals surface area contributed by atoms with Crippen molar-refractivity contribution in [3.8, 4) is 0 Å². The number of hydrogen-bond acceptors (Lipinski definition) is 3. The fourth-order valence-electron chi connectivity index (χ4n) is 3.09. The summed E-state index contributed by atoms with van der Waals surface area (Å²) in [7, 11) is 0. The Morgan fingerprint density at radius 2 is 1.65 bits per heavy atom. The summed E-state index contributed by atoms with van der Waals surface area (Å²) in [5, 5.41) is 3.63. The van der Waals surface area contributed by atoms with Crippen LogP contribution in [0.5, 0.6) is 0 Å². The van der Waals surface area contributed by atoms with E-state index >= 15 is 0 Å². The number of halogens is 2. The minimum Gasteiger partial charge on any atom is -0.325 e. The van der Waals surface area contributed by atoms with Gasteiger partial charge in [-0.1, -0.05) is 29.8 Å². The molecule has 0 saturated carbocycles. The van der Waals surface area contributed by atoms with E-state index in [4.69, 9.17) is 11.6 Å². The number of amides is 1. The van der Waals surface area contributed by atoms with Gasteiger partial charge in [0.15, 0.2) is 0 Å². The number of piperazine rings is 1. The Labute approximate surface area is 158 Å². The Balaban J connectivity index is 1.38. The van der Waals surface area contributed by atoms with Crippen LogP contribution >= 0.6 is 11.6 Å². The van der Waals surface area contributed by atoms with E-state index in [1.165, 1.54) is 17.7 Å². The monoisotopic (exact) mass is 375 g/mol. The number of carbonyl (C=O) groups excluding carboxylic acids is 1. The first-order chi connectivity index (χ1) is 12.6. The Kier molecular flexibility index (Phi) is 6.61. The zero-order chi connectivity index (χ0) is 18.4. The van der Waals surface area contributed by atoms with Gasteiger partial charge in [0.05, 0.1) is 6.54 Å². The van der Waals surface area contributed by atoms with E-state index in [0.29, 0.717) is 12.2 Å². The van der Waals surface area contributed by atoms with Crippen LogP contribution in [0.15, 0.2) is 48.5 Å². The predicted molar refractivity (Wildman–Crippen MR) is 103 cm³/mol. The van der Waals surface area contributed by atoms with Gasteiger partial charge in [-0.15, -0.1) is 0 Å².